The Morgan fingerprint density at radius 2 is 1.67 bits per heavy atom. The summed E-state index contributed by atoms with van der Waals surface area (Å²) in [4.78, 5) is 15.8. The smallest absolute Gasteiger partial charge is 0.257 e. The van der Waals surface area contributed by atoms with E-state index in [1.807, 2.05) is 0 Å². The Bertz CT molecular complexity index is 1050. The van der Waals surface area contributed by atoms with Crippen LogP contribution in [0, 0.1) is 20.8 Å². The van der Waals surface area contributed by atoms with Crippen LogP contribution in [0.15, 0.2) is 47.6 Å². The maximum absolute atomic E-state index is 13.6. The van der Waals surface area contributed by atoms with E-state index in [9.17, 15) is 4.79 Å². The topological polar surface area (TPSA) is 54.4 Å². The van der Waals surface area contributed by atoms with Gasteiger partial charge in [-0.15, -0.1) is 0 Å². The minimum Gasteiger partial charge on any atom is -0.347 e. The molecule has 0 unspecified atom stereocenters. The Morgan fingerprint density at radius 3 is 2.36 bits per heavy atom. The van der Waals surface area contributed by atoms with Crippen LogP contribution in [0.1, 0.15) is 53.1 Å². The van der Waals surface area contributed by atoms with E-state index in [-0.39, 0.29) is 11.9 Å². The van der Waals surface area contributed by atoms with Gasteiger partial charge in [0.2, 0.25) is 0 Å². The number of hydrazone groups is 1. The number of hydrogen-bond acceptors (Lipinski definition) is 5. The van der Waals surface area contributed by atoms with Gasteiger partial charge in [-0.2, -0.15) is 5.10 Å². The maximum atomic E-state index is 13.6. The normalized spacial score (nSPS) is 22.7. The second-order valence-electron chi connectivity index (χ2n) is 9.61. The summed E-state index contributed by atoms with van der Waals surface area (Å²) in [5, 5.41) is 6.62. The first-order valence-corrected chi connectivity index (χ1v) is 12.0. The number of benzene rings is 2. The Kier molecular flexibility index (Phi) is 6.08. The highest BCUT2D eigenvalue weighted by Gasteiger charge is 2.41. The Hall–Kier alpha value is -2.54. The molecule has 6 nitrogen and oxygen atoms in total. The SMILES string of the molecule is Cc1ccc(C2=NN(C(=O)CN3CCC4(CC3)OCCO4)[C@H](c3cc(C)ccc3C)C2)cc1. The van der Waals surface area contributed by atoms with Gasteiger partial charge in [-0.3, -0.25) is 9.69 Å². The van der Waals surface area contributed by atoms with E-state index in [1.165, 1.54) is 22.3 Å². The predicted molar refractivity (Wildman–Crippen MR) is 128 cm³/mol. The van der Waals surface area contributed by atoms with Crippen LogP contribution in [-0.2, 0) is 14.3 Å². The molecule has 0 aromatic heterocycles. The fourth-order valence-electron chi connectivity index (χ4n) is 5.12. The average Bonchev–Trinajstić information content (AvgIpc) is 3.45. The number of carbonyl (C=O) groups is 1. The van der Waals surface area contributed by atoms with E-state index >= 15 is 0 Å². The summed E-state index contributed by atoms with van der Waals surface area (Å²) in [7, 11) is 0. The Labute approximate surface area is 196 Å². The molecule has 3 heterocycles. The Morgan fingerprint density at radius 1 is 1.00 bits per heavy atom. The van der Waals surface area contributed by atoms with Gasteiger partial charge in [0.15, 0.2) is 5.79 Å². The lowest BCUT2D eigenvalue weighted by molar-refractivity contribution is -0.186. The molecule has 0 saturated carbocycles. The van der Waals surface area contributed by atoms with Gasteiger partial charge in [0.1, 0.15) is 0 Å². The van der Waals surface area contributed by atoms with Crippen LogP contribution in [0.4, 0.5) is 0 Å². The number of hydrogen-bond donors (Lipinski definition) is 0. The lowest BCUT2D eigenvalue weighted by Gasteiger charge is -2.37. The molecule has 174 valence electrons. The summed E-state index contributed by atoms with van der Waals surface area (Å²) in [5.74, 6) is -0.377. The summed E-state index contributed by atoms with van der Waals surface area (Å²) in [6.07, 6.45) is 2.33. The molecule has 2 saturated heterocycles. The third kappa shape index (κ3) is 4.60. The largest absolute Gasteiger partial charge is 0.347 e. The van der Waals surface area contributed by atoms with E-state index in [0.29, 0.717) is 19.8 Å². The van der Waals surface area contributed by atoms with Crippen molar-refractivity contribution < 1.29 is 14.3 Å². The van der Waals surface area contributed by atoms with Crippen LogP contribution in [0.3, 0.4) is 0 Å². The van der Waals surface area contributed by atoms with E-state index in [4.69, 9.17) is 14.6 Å². The van der Waals surface area contributed by atoms with Crippen LogP contribution >= 0.6 is 0 Å². The molecule has 0 radical (unpaired) electrons. The molecular formula is C27H33N3O3. The van der Waals surface area contributed by atoms with Gasteiger partial charge in [-0.25, -0.2) is 5.01 Å². The summed E-state index contributed by atoms with van der Waals surface area (Å²) in [6.45, 7) is 9.59. The number of piperidine rings is 1. The third-order valence-corrected chi connectivity index (χ3v) is 7.13. The minimum absolute atomic E-state index is 0.0484. The van der Waals surface area contributed by atoms with Crippen molar-refractivity contribution >= 4 is 11.6 Å². The fraction of sp³-hybridized carbons (Fsp3) is 0.481. The molecule has 3 aliphatic rings. The van der Waals surface area contributed by atoms with Crippen LogP contribution in [0.25, 0.3) is 0 Å². The summed E-state index contributed by atoms with van der Waals surface area (Å²) >= 11 is 0. The first-order valence-electron chi connectivity index (χ1n) is 12.0. The minimum atomic E-state index is -0.425. The van der Waals surface area contributed by atoms with Crippen LogP contribution in [-0.4, -0.2) is 60.2 Å². The number of carbonyl (C=O) groups excluding carboxylic acids is 1. The number of ether oxygens (including phenoxy) is 2. The van der Waals surface area contributed by atoms with E-state index in [0.717, 1.165) is 43.6 Å². The lowest BCUT2D eigenvalue weighted by atomic mass is 9.93. The maximum Gasteiger partial charge on any atom is 0.257 e. The third-order valence-electron chi connectivity index (χ3n) is 7.13. The second-order valence-corrected chi connectivity index (χ2v) is 9.61. The average molecular weight is 448 g/mol. The molecule has 6 heteroatoms. The number of aryl methyl sites for hydroxylation is 3. The highest BCUT2D eigenvalue weighted by atomic mass is 16.7. The molecule has 0 aliphatic carbocycles. The zero-order chi connectivity index (χ0) is 23.0. The monoisotopic (exact) mass is 447 g/mol. The molecular weight excluding hydrogens is 414 g/mol. The fourth-order valence-corrected chi connectivity index (χ4v) is 5.12. The van der Waals surface area contributed by atoms with Gasteiger partial charge < -0.3 is 9.47 Å². The lowest BCUT2D eigenvalue weighted by Crippen LogP contribution is -2.48. The molecule has 1 spiro atoms. The summed E-state index contributed by atoms with van der Waals surface area (Å²) in [6, 6.07) is 14.8. The highest BCUT2D eigenvalue weighted by Crippen LogP contribution is 2.36. The predicted octanol–water partition coefficient (Wildman–Crippen LogP) is 4.13. The van der Waals surface area contributed by atoms with Gasteiger partial charge in [0.05, 0.1) is 31.5 Å². The molecule has 2 aromatic rings. The van der Waals surface area contributed by atoms with Crippen molar-refractivity contribution in [2.45, 2.75) is 51.9 Å². The van der Waals surface area contributed by atoms with Crippen molar-refractivity contribution in [2.75, 3.05) is 32.8 Å². The zero-order valence-corrected chi connectivity index (χ0v) is 19.8. The highest BCUT2D eigenvalue weighted by molar-refractivity contribution is 6.03. The summed E-state index contributed by atoms with van der Waals surface area (Å²) in [5.41, 5.74) is 6.85. The standard InChI is InChI=1S/C27H33N3O3/c1-19-5-8-22(9-6-19)24-17-25(23-16-20(2)4-7-21(23)3)30(28-24)26(31)18-29-12-10-27(11-13-29)32-14-15-33-27/h4-9,16,25H,10-15,17-18H2,1-3H3/t25-/m0/s1. The van der Waals surface area contributed by atoms with Crippen LogP contribution in [0.5, 0.6) is 0 Å². The number of likely N-dealkylation sites (tertiary alicyclic amines) is 1. The van der Waals surface area contributed by atoms with Gasteiger partial charge >= 0.3 is 0 Å². The molecule has 0 bridgehead atoms. The first kappa shape index (κ1) is 22.3. The number of nitrogens with zero attached hydrogens (tertiary/aromatic N) is 3. The molecule has 5 rings (SSSR count). The van der Waals surface area contributed by atoms with Crippen molar-refractivity contribution in [3.8, 4) is 0 Å². The van der Waals surface area contributed by atoms with E-state index < -0.39 is 5.79 Å². The molecule has 0 N–H and O–H groups in total. The van der Waals surface area contributed by atoms with Gasteiger partial charge in [-0.1, -0.05) is 53.6 Å². The van der Waals surface area contributed by atoms with Crippen molar-refractivity contribution in [1.82, 2.24) is 9.91 Å². The van der Waals surface area contributed by atoms with E-state index in [2.05, 4.69) is 68.1 Å². The van der Waals surface area contributed by atoms with Gasteiger partial charge in [0, 0.05) is 32.4 Å². The first-order chi connectivity index (χ1) is 15.9. The number of amides is 1. The van der Waals surface area contributed by atoms with Crippen molar-refractivity contribution in [3.05, 3.63) is 70.3 Å². The molecule has 2 aromatic carbocycles. The second kappa shape index (κ2) is 9.01. The summed E-state index contributed by atoms with van der Waals surface area (Å²) < 4.78 is 11.7. The molecule has 2 fully saturated rings. The van der Waals surface area contributed by atoms with Gasteiger partial charge in [0.25, 0.3) is 5.91 Å². The molecule has 3 aliphatic heterocycles. The molecule has 1 atom stereocenters. The van der Waals surface area contributed by atoms with Crippen LogP contribution in [0.2, 0.25) is 0 Å². The van der Waals surface area contributed by atoms with Crippen molar-refractivity contribution in [2.24, 2.45) is 5.10 Å². The van der Waals surface area contributed by atoms with E-state index in [1.54, 1.807) is 5.01 Å². The zero-order valence-electron chi connectivity index (χ0n) is 19.8. The molecule has 33 heavy (non-hydrogen) atoms. The quantitative estimate of drug-likeness (QED) is 0.707. The van der Waals surface area contributed by atoms with Crippen molar-refractivity contribution in [1.29, 1.82) is 0 Å². The van der Waals surface area contributed by atoms with Crippen LogP contribution < -0.4 is 0 Å². The molecule has 1 amide bonds. The Balaban J connectivity index is 1.37. The van der Waals surface area contributed by atoms with Crippen molar-refractivity contribution in [3.63, 3.8) is 0 Å². The number of rotatable bonds is 4. The van der Waals surface area contributed by atoms with Gasteiger partial charge in [-0.05, 0) is 37.5 Å².